The van der Waals surface area contributed by atoms with Gasteiger partial charge in [-0.2, -0.15) is 0 Å². The van der Waals surface area contributed by atoms with Crippen LogP contribution in [0, 0.1) is 21.4 Å². The van der Waals surface area contributed by atoms with Gasteiger partial charge in [0.2, 0.25) is 0 Å². The number of nitrogens with one attached hydrogen (secondary N) is 1. The van der Waals surface area contributed by atoms with E-state index in [2.05, 4.69) is 155 Å². The first-order chi connectivity index (χ1) is 19.6. The van der Waals surface area contributed by atoms with Gasteiger partial charge < -0.3 is 14.4 Å². The summed E-state index contributed by atoms with van der Waals surface area (Å²) in [6.45, 7) is 5.29. The van der Waals surface area contributed by atoms with Gasteiger partial charge in [-0.25, -0.2) is 9.59 Å². The summed E-state index contributed by atoms with van der Waals surface area (Å²) in [5.41, 5.74) is 1.24. The summed E-state index contributed by atoms with van der Waals surface area (Å²) >= 11 is 13.4. The van der Waals surface area contributed by atoms with Gasteiger partial charge in [0.1, 0.15) is 26.3 Å². The Hall–Kier alpha value is 1.72. The molecule has 0 atom stereocenters. The van der Waals surface area contributed by atoms with E-state index in [1.807, 2.05) is 12.1 Å². The number of hydrogen-bond donors (Lipinski definition) is 1. The molecule has 2 aromatic carbocycles. The van der Waals surface area contributed by atoms with Crippen molar-refractivity contribution in [1.29, 1.82) is 0 Å². The molecule has 0 unspecified atom stereocenters. The molecule has 5 nitrogen and oxygen atoms in total. The molecule has 1 N–H and O–H groups in total. The third-order valence-corrected chi connectivity index (χ3v) is 14.0. The maximum absolute atomic E-state index is 12.8. The van der Waals surface area contributed by atoms with E-state index in [4.69, 9.17) is 9.47 Å². The average Bonchev–Trinajstić information content (AvgIpc) is 2.93. The Bertz CT molecular complexity index is 1060. The number of hydrogen-bond acceptors (Lipinski definition) is 4. The van der Waals surface area contributed by atoms with Crippen LogP contribution < -0.4 is 4.90 Å². The fourth-order valence-electron chi connectivity index (χ4n) is 4.38. The van der Waals surface area contributed by atoms with Crippen molar-refractivity contribution in [2.75, 3.05) is 32.8 Å². The summed E-state index contributed by atoms with van der Waals surface area (Å²) in [7, 11) is 0. The number of benzene rings is 2. The van der Waals surface area contributed by atoms with Gasteiger partial charge in [-0.05, 0) is 173 Å². The lowest BCUT2D eigenvalue weighted by Crippen LogP contribution is -3.13. The number of quaternary nitrogens is 1. The lowest BCUT2D eigenvalue weighted by Gasteiger charge is -2.20. The Morgan fingerprint density at radius 3 is 1.39 bits per heavy atom. The van der Waals surface area contributed by atoms with Gasteiger partial charge in [-0.3, -0.25) is 0 Å². The molecule has 0 aliphatic rings. The lowest BCUT2D eigenvalue weighted by molar-refractivity contribution is -0.900. The Morgan fingerprint density at radius 1 is 0.585 bits per heavy atom. The monoisotopic (exact) mass is 1240 g/mol. The average molecular weight is 1240 g/mol. The predicted molar refractivity (Wildman–Crippen MR) is 217 cm³/mol. The van der Waals surface area contributed by atoms with Crippen LogP contribution in [-0.2, 0) is 9.47 Å². The second-order valence-corrected chi connectivity index (χ2v) is 16.9. The van der Waals surface area contributed by atoms with E-state index >= 15 is 0 Å². The fraction of sp³-hybridized carbons (Fsp3) is 0.533. The maximum atomic E-state index is 12.8. The topological polar surface area (TPSA) is 57.0 Å². The minimum absolute atomic E-state index is 0.279. The van der Waals surface area contributed by atoms with E-state index < -0.39 is 0 Å². The van der Waals surface area contributed by atoms with Gasteiger partial charge in [0, 0.05) is 21.4 Å². The Morgan fingerprint density at radius 2 is 0.976 bits per heavy atom. The minimum Gasteiger partial charge on any atom is -0.456 e. The first-order valence-electron chi connectivity index (χ1n) is 14.1. The molecule has 2 rings (SSSR count). The highest BCUT2D eigenvalue weighted by atomic mass is 127. The minimum atomic E-state index is -0.279. The van der Waals surface area contributed by atoms with E-state index in [1.165, 1.54) is 62.7 Å². The van der Waals surface area contributed by atoms with E-state index in [1.54, 1.807) is 0 Å². The largest absolute Gasteiger partial charge is 0.456 e. The molecule has 0 spiro atoms. The van der Waals surface area contributed by atoms with Crippen LogP contribution in [0.25, 0.3) is 0 Å². The molecular weight excluding hydrogens is 1200 g/mol. The zero-order valence-electron chi connectivity index (χ0n) is 23.3. The number of esters is 2. The Balaban J connectivity index is 1.86. The number of carbonyl (C=O) groups is 2. The third kappa shape index (κ3) is 15.2. The molecule has 2 aromatic rings. The first-order valence-corrected chi connectivity index (χ1v) is 20.6. The van der Waals surface area contributed by atoms with Crippen LogP contribution in [0.2, 0.25) is 0 Å². The van der Waals surface area contributed by atoms with Crippen molar-refractivity contribution in [2.45, 2.75) is 71.1 Å². The highest BCUT2D eigenvalue weighted by Gasteiger charge is 2.19. The van der Waals surface area contributed by atoms with Crippen LogP contribution in [0.5, 0.6) is 0 Å². The molecule has 11 heteroatoms. The first kappa shape index (κ1) is 38.9. The smallest absolute Gasteiger partial charge is 0.339 e. The molecular formula is C30H38I6NO4+. The third-order valence-electron chi connectivity index (χ3n) is 6.69. The molecule has 0 fully saturated rings. The van der Waals surface area contributed by atoms with Crippen LogP contribution in [0.15, 0.2) is 24.3 Å². The summed E-state index contributed by atoms with van der Waals surface area (Å²) in [5.74, 6) is -0.559. The van der Waals surface area contributed by atoms with Crippen LogP contribution in [0.3, 0.4) is 0 Å². The van der Waals surface area contributed by atoms with Gasteiger partial charge in [0.05, 0.1) is 17.7 Å². The normalized spacial score (nSPS) is 11.2. The molecule has 0 radical (unpaired) electrons. The predicted octanol–water partition coefficient (Wildman–Crippen LogP) is 9.13. The maximum Gasteiger partial charge on any atom is 0.339 e. The highest BCUT2D eigenvalue weighted by molar-refractivity contribution is 14.1. The number of ether oxygens (including phenoxy) is 2. The van der Waals surface area contributed by atoms with Crippen molar-refractivity contribution in [3.8, 4) is 0 Å². The number of unbranched alkanes of at least 4 members (excludes halogenated alkanes) is 9. The molecule has 0 bridgehead atoms. The van der Waals surface area contributed by atoms with Crippen molar-refractivity contribution < 1.29 is 24.0 Å². The van der Waals surface area contributed by atoms with Gasteiger partial charge in [-0.1, -0.05) is 58.3 Å². The standard InChI is InChI=1S/C30H37I6NO4/c1-2-3-4-5-6-7-8-9-10-11-12-37(13-15-40-29(38)23-17-21(31)19-25(33)27(23)35)14-16-41-30(39)24-18-22(32)20-26(34)28(24)36/h17-20H,2-16H2,1H3/p+1. The van der Waals surface area contributed by atoms with Gasteiger partial charge in [0.25, 0.3) is 0 Å². The van der Waals surface area contributed by atoms with Crippen molar-refractivity contribution in [3.63, 3.8) is 0 Å². The second kappa shape index (κ2) is 22.3. The highest BCUT2D eigenvalue weighted by Crippen LogP contribution is 2.24. The van der Waals surface area contributed by atoms with Crippen molar-refractivity contribution in [2.24, 2.45) is 0 Å². The van der Waals surface area contributed by atoms with Gasteiger partial charge in [0.15, 0.2) is 0 Å². The zero-order chi connectivity index (χ0) is 30.2. The SMILES string of the molecule is CCCCCCCCCCCC[NH+](CCOC(=O)c1cc(I)cc(I)c1I)CCOC(=O)c1cc(I)cc(I)c1I. The van der Waals surface area contributed by atoms with E-state index in [0.29, 0.717) is 37.4 Å². The molecule has 0 saturated heterocycles. The van der Waals surface area contributed by atoms with Crippen LogP contribution in [0.4, 0.5) is 0 Å². The fourth-order valence-corrected chi connectivity index (χ4v) is 9.13. The van der Waals surface area contributed by atoms with Crippen molar-refractivity contribution in [1.82, 2.24) is 0 Å². The summed E-state index contributed by atoms with van der Waals surface area (Å²) in [4.78, 5) is 27.0. The summed E-state index contributed by atoms with van der Waals surface area (Å²) < 4.78 is 17.4. The summed E-state index contributed by atoms with van der Waals surface area (Å²) in [6.07, 6.45) is 13.0. The lowest BCUT2D eigenvalue weighted by atomic mass is 10.1. The second-order valence-electron chi connectivity index (χ2n) is 9.95. The van der Waals surface area contributed by atoms with Crippen LogP contribution >= 0.6 is 136 Å². The Labute approximate surface area is 327 Å². The molecule has 228 valence electrons. The summed E-state index contributed by atoms with van der Waals surface area (Å²) in [5, 5.41) is 0. The molecule has 0 heterocycles. The van der Waals surface area contributed by atoms with E-state index in [0.717, 1.165) is 34.4 Å². The molecule has 0 aliphatic carbocycles. The molecule has 0 saturated carbocycles. The van der Waals surface area contributed by atoms with Crippen LogP contribution in [0.1, 0.15) is 91.8 Å². The number of carbonyl (C=O) groups excluding carboxylic acids is 2. The number of rotatable bonds is 19. The van der Waals surface area contributed by atoms with Crippen molar-refractivity contribution >= 4 is 147 Å². The van der Waals surface area contributed by atoms with Gasteiger partial charge >= 0.3 is 11.9 Å². The van der Waals surface area contributed by atoms with Crippen molar-refractivity contribution in [3.05, 3.63) is 56.8 Å². The Kier molecular flexibility index (Phi) is 21.1. The van der Waals surface area contributed by atoms with E-state index in [9.17, 15) is 9.59 Å². The summed E-state index contributed by atoms with van der Waals surface area (Å²) in [6, 6.07) is 7.87. The zero-order valence-corrected chi connectivity index (χ0v) is 36.3. The van der Waals surface area contributed by atoms with E-state index in [-0.39, 0.29) is 11.9 Å². The molecule has 41 heavy (non-hydrogen) atoms. The quantitative estimate of drug-likeness (QED) is 0.0661. The number of halogens is 6. The van der Waals surface area contributed by atoms with Gasteiger partial charge in [-0.15, -0.1) is 0 Å². The van der Waals surface area contributed by atoms with Crippen LogP contribution in [-0.4, -0.2) is 44.8 Å². The molecule has 0 amide bonds. The molecule has 0 aliphatic heterocycles. The molecule has 0 aromatic heterocycles.